The molecule has 0 fully saturated rings. The largest absolute Gasteiger partial charge is 0.550 e. The number of carbonyl (C=O) groups is 1. The quantitative estimate of drug-likeness (QED) is 0.649. The van der Waals surface area contributed by atoms with E-state index in [9.17, 15) is 9.90 Å². The zero-order valence-electron chi connectivity index (χ0n) is 9.35. The number of quaternary nitrogens is 1. The highest BCUT2D eigenvalue weighted by Gasteiger charge is 2.17. The van der Waals surface area contributed by atoms with Crippen molar-refractivity contribution in [1.82, 2.24) is 6.15 Å². The maximum Gasteiger partial charge on any atom is 0.0470 e. The van der Waals surface area contributed by atoms with Crippen LogP contribution in [0.5, 0.6) is 0 Å². The van der Waals surface area contributed by atoms with Gasteiger partial charge in [0.15, 0.2) is 0 Å². The van der Waals surface area contributed by atoms with Crippen LogP contribution in [0.15, 0.2) is 0 Å². The molecule has 4 N–H and O–H groups in total. The molecule has 0 atom stereocenters. The number of carboxylic acid groups (broad SMARTS) is 1. The fourth-order valence-electron chi connectivity index (χ4n) is 1.10. The van der Waals surface area contributed by atoms with Crippen molar-refractivity contribution in [1.29, 1.82) is 0 Å². The Morgan fingerprint density at radius 1 is 1.23 bits per heavy atom. The summed E-state index contributed by atoms with van der Waals surface area (Å²) in [4.78, 5) is 10.6. The first kappa shape index (κ1) is 14.9. The number of rotatable bonds is 6. The Morgan fingerprint density at radius 2 is 1.77 bits per heavy atom. The zero-order valence-corrected chi connectivity index (χ0v) is 9.35. The van der Waals surface area contributed by atoms with E-state index in [0.717, 1.165) is 19.3 Å². The van der Waals surface area contributed by atoms with Gasteiger partial charge in [-0.25, -0.2) is 0 Å². The van der Waals surface area contributed by atoms with Crippen LogP contribution < -0.4 is 11.3 Å². The molecule has 0 spiro atoms. The average Bonchev–Trinajstić information content (AvgIpc) is 1.98. The smallest absolute Gasteiger partial charge is 0.0470 e. The van der Waals surface area contributed by atoms with Gasteiger partial charge in [-0.15, -0.1) is 0 Å². The highest BCUT2D eigenvalue weighted by atomic mass is 16.4. The highest BCUT2D eigenvalue weighted by molar-refractivity contribution is 5.71. The fourth-order valence-corrected chi connectivity index (χ4v) is 1.10. The summed E-state index contributed by atoms with van der Waals surface area (Å²) in [5.41, 5.74) is -0.645. The standard InChI is InChI=1S/C10H20O2.H3N/c1-4-5-6-7-8-10(2,3)9(11)12;/h4-8H2,1-3H3,(H,11,12);1H3. The molecule has 0 saturated carbocycles. The topological polar surface area (TPSA) is 76.6 Å². The van der Waals surface area contributed by atoms with Gasteiger partial charge >= 0.3 is 0 Å². The van der Waals surface area contributed by atoms with Gasteiger partial charge in [-0.2, -0.15) is 0 Å². The second-order valence-corrected chi connectivity index (χ2v) is 3.98. The second kappa shape index (κ2) is 6.89. The summed E-state index contributed by atoms with van der Waals surface area (Å²) in [6, 6.07) is 0. The third-order valence-corrected chi connectivity index (χ3v) is 2.21. The Kier molecular flexibility index (Phi) is 7.92. The molecule has 80 valence electrons. The summed E-state index contributed by atoms with van der Waals surface area (Å²) in [5, 5.41) is 10.6. The molecule has 13 heavy (non-hydrogen) atoms. The Labute approximate surface area is 81.1 Å². The van der Waals surface area contributed by atoms with Gasteiger partial charge in [-0.1, -0.05) is 46.5 Å². The van der Waals surface area contributed by atoms with Gasteiger partial charge in [-0.05, 0) is 6.42 Å². The van der Waals surface area contributed by atoms with E-state index in [2.05, 4.69) is 6.92 Å². The van der Waals surface area contributed by atoms with Gasteiger partial charge in [0.1, 0.15) is 0 Å². The van der Waals surface area contributed by atoms with Crippen LogP contribution in [0.3, 0.4) is 0 Å². The molecule has 0 heterocycles. The van der Waals surface area contributed by atoms with E-state index in [0.29, 0.717) is 0 Å². The van der Waals surface area contributed by atoms with Gasteiger partial charge in [0.2, 0.25) is 0 Å². The van der Waals surface area contributed by atoms with Crippen molar-refractivity contribution < 1.29 is 9.90 Å². The summed E-state index contributed by atoms with van der Waals surface area (Å²) < 4.78 is 0. The number of hydrogen-bond acceptors (Lipinski definition) is 2. The Balaban J connectivity index is 0. The van der Waals surface area contributed by atoms with Crippen LogP contribution in [0.25, 0.3) is 0 Å². The van der Waals surface area contributed by atoms with Gasteiger partial charge in [-0.3, -0.25) is 0 Å². The number of aliphatic carboxylic acids is 1. The Morgan fingerprint density at radius 3 is 2.15 bits per heavy atom. The first-order valence-electron chi connectivity index (χ1n) is 4.72. The molecule has 0 aliphatic heterocycles. The molecule has 3 heteroatoms. The molecule has 0 radical (unpaired) electrons. The van der Waals surface area contributed by atoms with Gasteiger partial charge in [0.05, 0.1) is 0 Å². The minimum absolute atomic E-state index is 0. The van der Waals surface area contributed by atoms with E-state index in [1.165, 1.54) is 12.8 Å². The molecule has 0 amide bonds. The van der Waals surface area contributed by atoms with Crippen LogP contribution in [-0.2, 0) is 4.79 Å². The molecule has 0 aliphatic carbocycles. The van der Waals surface area contributed by atoms with E-state index in [-0.39, 0.29) is 6.15 Å². The van der Waals surface area contributed by atoms with Crippen molar-refractivity contribution >= 4 is 5.97 Å². The number of unbranched alkanes of at least 4 members (excludes halogenated alkanes) is 3. The van der Waals surface area contributed by atoms with E-state index >= 15 is 0 Å². The van der Waals surface area contributed by atoms with Crippen molar-refractivity contribution in [2.24, 2.45) is 5.41 Å². The van der Waals surface area contributed by atoms with Gasteiger partial charge in [0.25, 0.3) is 0 Å². The molecule has 0 aromatic rings. The molecular weight excluding hydrogens is 166 g/mol. The Bertz CT molecular complexity index is 144. The molecule has 0 aromatic heterocycles. The highest BCUT2D eigenvalue weighted by Crippen LogP contribution is 2.22. The van der Waals surface area contributed by atoms with Crippen molar-refractivity contribution in [3.8, 4) is 0 Å². The van der Waals surface area contributed by atoms with Crippen LogP contribution >= 0.6 is 0 Å². The van der Waals surface area contributed by atoms with Gasteiger partial charge < -0.3 is 16.1 Å². The third-order valence-electron chi connectivity index (χ3n) is 2.21. The fraction of sp³-hybridized carbons (Fsp3) is 0.900. The first-order chi connectivity index (χ1) is 5.50. The molecular formula is C10H23NO2. The lowest BCUT2D eigenvalue weighted by Crippen LogP contribution is -2.37. The van der Waals surface area contributed by atoms with Crippen LogP contribution in [0, 0.1) is 5.41 Å². The predicted octanol–water partition coefficient (Wildman–Crippen LogP) is 2.11. The molecule has 0 saturated heterocycles. The minimum atomic E-state index is -0.931. The zero-order chi connectivity index (χ0) is 9.61. The van der Waals surface area contributed by atoms with Crippen LogP contribution in [0.4, 0.5) is 0 Å². The monoisotopic (exact) mass is 189 g/mol. The normalized spacial score (nSPS) is 10.7. The maximum atomic E-state index is 10.6. The minimum Gasteiger partial charge on any atom is -0.550 e. The van der Waals surface area contributed by atoms with Crippen molar-refractivity contribution in [3.05, 3.63) is 0 Å². The SMILES string of the molecule is CCCCCCC(C)(C)C(=O)[O-].[NH4+]. The van der Waals surface area contributed by atoms with E-state index < -0.39 is 11.4 Å². The van der Waals surface area contributed by atoms with Crippen molar-refractivity contribution in [3.63, 3.8) is 0 Å². The molecule has 3 nitrogen and oxygen atoms in total. The maximum absolute atomic E-state index is 10.6. The first-order valence-corrected chi connectivity index (χ1v) is 4.72. The summed E-state index contributed by atoms with van der Waals surface area (Å²) in [7, 11) is 0. The second-order valence-electron chi connectivity index (χ2n) is 3.98. The lowest BCUT2D eigenvalue weighted by atomic mass is 9.87. The van der Waals surface area contributed by atoms with Crippen LogP contribution in [-0.4, -0.2) is 5.97 Å². The lowest BCUT2D eigenvalue weighted by molar-refractivity contribution is -0.317. The van der Waals surface area contributed by atoms with E-state index in [1.54, 1.807) is 13.8 Å². The van der Waals surface area contributed by atoms with Gasteiger partial charge in [0, 0.05) is 11.4 Å². The summed E-state index contributed by atoms with van der Waals surface area (Å²) in [5.74, 6) is -0.931. The molecule has 0 aromatic carbocycles. The van der Waals surface area contributed by atoms with E-state index in [4.69, 9.17) is 0 Å². The number of carbonyl (C=O) groups excluding carboxylic acids is 1. The molecule has 0 aliphatic rings. The number of hydrogen-bond donors (Lipinski definition) is 1. The average molecular weight is 189 g/mol. The summed E-state index contributed by atoms with van der Waals surface area (Å²) in [6.07, 6.45) is 5.24. The molecule has 0 rings (SSSR count). The number of carboxylic acids is 1. The summed E-state index contributed by atoms with van der Waals surface area (Å²) >= 11 is 0. The lowest BCUT2D eigenvalue weighted by Gasteiger charge is -2.25. The third kappa shape index (κ3) is 6.58. The van der Waals surface area contributed by atoms with Crippen molar-refractivity contribution in [2.75, 3.05) is 0 Å². The summed E-state index contributed by atoms with van der Waals surface area (Å²) in [6.45, 7) is 5.60. The van der Waals surface area contributed by atoms with Crippen LogP contribution in [0.2, 0.25) is 0 Å². The van der Waals surface area contributed by atoms with Crippen molar-refractivity contribution in [2.45, 2.75) is 52.9 Å². The molecule has 0 bridgehead atoms. The predicted molar refractivity (Wildman–Crippen MR) is 53.5 cm³/mol. The van der Waals surface area contributed by atoms with E-state index in [1.807, 2.05) is 0 Å². The Hall–Kier alpha value is -0.570. The van der Waals surface area contributed by atoms with Crippen LogP contribution in [0.1, 0.15) is 52.9 Å². The molecule has 0 unspecified atom stereocenters.